The van der Waals surface area contributed by atoms with Crippen LogP contribution in [0.15, 0.2) is 36.4 Å². The first kappa shape index (κ1) is 20.9. The maximum Gasteiger partial charge on any atom is 0.407 e. The van der Waals surface area contributed by atoms with Crippen molar-refractivity contribution in [3.05, 3.63) is 47.8 Å². The molecule has 0 radical (unpaired) electrons. The SMILES string of the molecule is Cc1nc(NCCNC(=O)CNC(=O)OCc2ccccc2)cc(N(C)C)n1. The molecule has 0 saturated carbocycles. The third kappa shape index (κ3) is 7.48. The predicted molar refractivity (Wildman–Crippen MR) is 107 cm³/mol. The Balaban J connectivity index is 1.61. The lowest BCUT2D eigenvalue weighted by atomic mass is 10.2. The fourth-order valence-electron chi connectivity index (χ4n) is 2.25. The molecule has 0 spiro atoms. The summed E-state index contributed by atoms with van der Waals surface area (Å²) >= 11 is 0. The summed E-state index contributed by atoms with van der Waals surface area (Å²) in [5, 5.41) is 8.26. The molecule has 9 heteroatoms. The second-order valence-electron chi connectivity index (χ2n) is 6.25. The molecule has 0 atom stereocenters. The smallest absolute Gasteiger partial charge is 0.407 e. The summed E-state index contributed by atoms with van der Waals surface area (Å²) in [4.78, 5) is 33.9. The van der Waals surface area contributed by atoms with Crippen LogP contribution in [0.5, 0.6) is 0 Å². The van der Waals surface area contributed by atoms with E-state index in [-0.39, 0.29) is 19.1 Å². The number of alkyl carbamates (subject to hydrolysis) is 1. The number of anilines is 2. The summed E-state index contributed by atoms with van der Waals surface area (Å²) in [5.74, 6) is 1.85. The Morgan fingerprint density at radius 3 is 2.54 bits per heavy atom. The van der Waals surface area contributed by atoms with Crippen LogP contribution in [-0.2, 0) is 16.1 Å². The van der Waals surface area contributed by atoms with Crippen LogP contribution < -0.4 is 20.9 Å². The van der Waals surface area contributed by atoms with Crippen molar-refractivity contribution < 1.29 is 14.3 Å². The van der Waals surface area contributed by atoms with Crippen molar-refractivity contribution in [1.82, 2.24) is 20.6 Å². The van der Waals surface area contributed by atoms with Gasteiger partial charge in [0.25, 0.3) is 0 Å². The standard InChI is InChI=1S/C19H26N6O3/c1-14-23-16(11-17(24-14)25(2)3)20-9-10-21-18(26)12-22-19(27)28-13-15-7-5-4-6-8-15/h4-8,11H,9-10,12-13H2,1-3H3,(H,21,26)(H,22,27)(H,20,23,24). The van der Waals surface area contributed by atoms with Crippen molar-refractivity contribution in [3.63, 3.8) is 0 Å². The van der Waals surface area contributed by atoms with Crippen LogP contribution in [0.4, 0.5) is 16.4 Å². The molecule has 2 amide bonds. The van der Waals surface area contributed by atoms with Gasteiger partial charge in [0.15, 0.2) is 0 Å². The molecule has 1 aromatic heterocycles. The summed E-state index contributed by atoms with van der Waals surface area (Å²) in [6.45, 7) is 2.71. The average Bonchev–Trinajstić information content (AvgIpc) is 2.68. The third-order valence-corrected chi connectivity index (χ3v) is 3.64. The highest BCUT2D eigenvalue weighted by Crippen LogP contribution is 2.12. The van der Waals surface area contributed by atoms with E-state index in [9.17, 15) is 9.59 Å². The molecule has 0 saturated heterocycles. The largest absolute Gasteiger partial charge is 0.445 e. The molecule has 1 aromatic carbocycles. The van der Waals surface area contributed by atoms with Crippen molar-refractivity contribution in [2.75, 3.05) is 43.9 Å². The molecule has 1 heterocycles. The highest BCUT2D eigenvalue weighted by molar-refractivity contribution is 5.82. The lowest BCUT2D eigenvalue weighted by Gasteiger charge is -2.14. The fourth-order valence-corrected chi connectivity index (χ4v) is 2.25. The highest BCUT2D eigenvalue weighted by atomic mass is 16.5. The second-order valence-corrected chi connectivity index (χ2v) is 6.25. The van der Waals surface area contributed by atoms with Crippen molar-refractivity contribution in [2.24, 2.45) is 0 Å². The zero-order valence-corrected chi connectivity index (χ0v) is 16.4. The molecule has 2 aromatic rings. The van der Waals surface area contributed by atoms with Gasteiger partial charge < -0.3 is 25.6 Å². The first-order valence-corrected chi connectivity index (χ1v) is 8.92. The van der Waals surface area contributed by atoms with Gasteiger partial charge in [-0.15, -0.1) is 0 Å². The minimum absolute atomic E-state index is 0.148. The van der Waals surface area contributed by atoms with Gasteiger partial charge in [0, 0.05) is 33.3 Å². The maximum atomic E-state index is 11.8. The fraction of sp³-hybridized carbons (Fsp3) is 0.368. The van der Waals surface area contributed by atoms with Gasteiger partial charge in [0.05, 0.1) is 6.54 Å². The summed E-state index contributed by atoms with van der Waals surface area (Å²) in [5.41, 5.74) is 0.880. The molecule has 0 aliphatic rings. The van der Waals surface area contributed by atoms with E-state index in [2.05, 4.69) is 25.9 Å². The van der Waals surface area contributed by atoms with Crippen LogP contribution >= 0.6 is 0 Å². The van der Waals surface area contributed by atoms with Gasteiger partial charge in [-0.25, -0.2) is 14.8 Å². The van der Waals surface area contributed by atoms with Crippen LogP contribution in [0.2, 0.25) is 0 Å². The van der Waals surface area contributed by atoms with Crippen LogP contribution in [0.3, 0.4) is 0 Å². The van der Waals surface area contributed by atoms with Gasteiger partial charge in [0.1, 0.15) is 24.1 Å². The Kier molecular flexibility index (Phi) is 8.01. The number of amides is 2. The van der Waals surface area contributed by atoms with Crippen LogP contribution in [0, 0.1) is 6.92 Å². The lowest BCUT2D eigenvalue weighted by Crippen LogP contribution is -2.38. The summed E-state index contributed by atoms with van der Waals surface area (Å²) in [6, 6.07) is 11.2. The van der Waals surface area contributed by atoms with E-state index in [1.807, 2.05) is 62.3 Å². The van der Waals surface area contributed by atoms with Gasteiger partial charge in [-0.2, -0.15) is 0 Å². The Morgan fingerprint density at radius 1 is 1.07 bits per heavy atom. The van der Waals surface area contributed by atoms with E-state index in [1.165, 1.54) is 0 Å². The van der Waals surface area contributed by atoms with Crippen molar-refractivity contribution in [2.45, 2.75) is 13.5 Å². The third-order valence-electron chi connectivity index (χ3n) is 3.64. The Morgan fingerprint density at radius 2 is 1.82 bits per heavy atom. The first-order chi connectivity index (χ1) is 13.4. The molecule has 2 rings (SSSR count). The van der Waals surface area contributed by atoms with E-state index in [4.69, 9.17) is 4.74 Å². The number of ether oxygens (including phenoxy) is 1. The zero-order chi connectivity index (χ0) is 20.4. The van der Waals surface area contributed by atoms with Gasteiger partial charge >= 0.3 is 6.09 Å². The Hall–Kier alpha value is -3.36. The maximum absolute atomic E-state index is 11.8. The minimum Gasteiger partial charge on any atom is -0.445 e. The molecule has 0 aliphatic carbocycles. The molecule has 0 aliphatic heterocycles. The van der Waals surface area contributed by atoms with Crippen LogP contribution in [-0.4, -0.2) is 55.7 Å². The van der Waals surface area contributed by atoms with Crippen LogP contribution in [0.25, 0.3) is 0 Å². The monoisotopic (exact) mass is 386 g/mol. The topological polar surface area (TPSA) is 108 Å². The van der Waals surface area contributed by atoms with Crippen LogP contribution in [0.1, 0.15) is 11.4 Å². The van der Waals surface area contributed by atoms with E-state index >= 15 is 0 Å². The number of hydrogen-bond acceptors (Lipinski definition) is 7. The zero-order valence-electron chi connectivity index (χ0n) is 16.4. The first-order valence-electron chi connectivity index (χ1n) is 8.92. The van der Waals surface area contributed by atoms with Crippen molar-refractivity contribution in [1.29, 1.82) is 0 Å². The Labute approximate surface area is 164 Å². The molecule has 0 fully saturated rings. The van der Waals surface area contributed by atoms with Gasteiger partial charge in [-0.1, -0.05) is 30.3 Å². The molecule has 3 N–H and O–H groups in total. The van der Waals surface area contributed by atoms with Gasteiger partial charge in [-0.3, -0.25) is 4.79 Å². The number of benzene rings is 1. The average molecular weight is 386 g/mol. The molecular weight excluding hydrogens is 360 g/mol. The number of aryl methyl sites for hydroxylation is 1. The predicted octanol–water partition coefficient (Wildman–Crippen LogP) is 1.31. The number of carbonyl (C=O) groups is 2. The number of nitrogens with zero attached hydrogens (tertiary/aromatic N) is 3. The molecule has 28 heavy (non-hydrogen) atoms. The van der Waals surface area contributed by atoms with E-state index in [0.717, 1.165) is 11.4 Å². The summed E-state index contributed by atoms with van der Waals surface area (Å²) < 4.78 is 5.04. The van der Waals surface area contributed by atoms with Crippen molar-refractivity contribution in [3.8, 4) is 0 Å². The number of nitrogens with one attached hydrogen (secondary N) is 3. The van der Waals surface area contributed by atoms with E-state index in [1.54, 1.807) is 0 Å². The van der Waals surface area contributed by atoms with Gasteiger partial charge in [0.2, 0.25) is 5.91 Å². The molecule has 9 nitrogen and oxygen atoms in total. The van der Waals surface area contributed by atoms with E-state index in [0.29, 0.717) is 24.7 Å². The molecular formula is C19H26N6O3. The summed E-state index contributed by atoms with van der Waals surface area (Å²) in [6.07, 6.45) is -0.634. The molecule has 150 valence electrons. The number of carbonyl (C=O) groups excluding carboxylic acids is 2. The number of aromatic nitrogens is 2. The highest BCUT2D eigenvalue weighted by Gasteiger charge is 2.07. The second kappa shape index (κ2) is 10.7. The molecule has 0 bridgehead atoms. The molecule has 0 unspecified atom stereocenters. The lowest BCUT2D eigenvalue weighted by molar-refractivity contribution is -0.120. The normalized spacial score (nSPS) is 10.1. The minimum atomic E-state index is -0.634. The number of hydrogen-bond donors (Lipinski definition) is 3. The Bertz CT molecular complexity index is 782. The van der Waals surface area contributed by atoms with Crippen molar-refractivity contribution >= 4 is 23.6 Å². The van der Waals surface area contributed by atoms with E-state index < -0.39 is 6.09 Å². The van der Waals surface area contributed by atoms with Gasteiger partial charge in [-0.05, 0) is 12.5 Å². The number of rotatable bonds is 9. The summed E-state index contributed by atoms with van der Waals surface area (Å²) in [7, 11) is 3.81. The quantitative estimate of drug-likeness (QED) is 0.558.